The van der Waals surface area contributed by atoms with Gasteiger partial charge in [0.15, 0.2) is 0 Å². The Hall–Kier alpha value is -0.750. The third kappa shape index (κ3) is 3.97. The molecule has 3 N–H and O–H groups in total. The van der Waals surface area contributed by atoms with Gasteiger partial charge in [-0.05, 0) is 6.42 Å². The van der Waals surface area contributed by atoms with Crippen molar-refractivity contribution >= 4 is 23.6 Å². The average molecular weight is 218 g/mol. The van der Waals surface area contributed by atoms with Gasteiger partial charge in [0.2, 0.25) is 5.91 Å². The minimum Gasteiger partial charge on any atom is -0.481 e. The maximum atomic E-state index is 11.4. The third-order valence-corrected chi connectivity index (χ3v) is 2.84. The molecule has 6 heteroatoms. The van der Waals surface area contributed by atoms with Gasteiger partial charge < -0.3 is 10.4 Å². The number of aliphatic carboxylic acids is 1. The first-order valence-electron chi connectivity index (χ1n) is 4.51. The van der Waals surface area contributed by atoms with Gasteiger partial charge in [0.05, 0.1) is 6.04 Å². The Bertz CT molecular complexity index is 217. The number of nitrogens with one attached hydrogen (secondary N) is 2. The number of carbonyl (C=O) groups excluding carboxylic acids is 1. The first-order valence-corrected chi connectivity index (χ1v) is 5.66. The quantitative estimate of drug-likeness (QED) is 0.549. The molecule has 1 saturated heterocycles. The molecule has 1 heterocycles. The van der Waals surface area contributed by atoms with Gasteiger partial charge in [-0.25, -0.2) is 0 Å². The second kappa shape index (κ2) is 5.87. The highest BCUT2D eigenvalue weighted by molar-refractivity contribution is 7.99. The largest absolute Gasteiger partial charge is 0.481 e. The van der Waals surface area contributed by atoms with E-state index >= 15 is 0 Å². The molecule has 0 aromatic rings. The van der Waals surface area contributed by atoms with Crippen molar-refractivity contribution in [3.63, 3.8) is 0 Å². The number of carboxylic acid groups (broad SMARTS) is 1. The summed E-state index contributed by atoms with van der Waals surface area (Å²) in [6.45, 7) is 0.438. The summed E-state index contributed by atoms with van der Waals surface area (Å²) in [7, 11) is 0. The van der Waals surface area contributed by atoms with E-state index in [1.165, 1.54) is 0 Å². The first-order chi connectivity index (χ1) is 6.70. The minimum atomic E-state index is -0.825. The monoisotopic (exact) mass is 218 g/mol. The van der Waals surface area contributed by atoms with Gasteiger partial charge in [0.25, 0.3) is 0 Å². The number of thioether (sulfide) groups is 1. The lowest BCUT2D eigenvalue weighted by molar-refractivity contribution is -0.137. The summed E-state index contributed by atoms with van der Waals surface area (Å²) >= 11 is 1.69. The van der Waals surface area contributed by atoms with Crippen molar-refractivity contribution in [1.82, 2.24) is 10.6 Å². The van der Waals surface area contributed by atoms with Gasteiger partial charge in [-0.3, -0.25) is 14.9 Å². The van der Waals surface area contributed by atoms with Crippen LogP contribution in [-0.2, 0) is 9.59 Å². The smallest absolute Gasteiger partial charge is 0.303 e. The first kappa shape index (κ1) is 11.3. The predicted octanol–water partition coefficient (Wildman–Crippen LogP) is -0.370. The van der Waals surface area contributed by atoms with E-state index in [0.717, 1.165) is 11.6 Å². The maximum Gasteiger partial charge on any atom is 0.303 e. The fraction of sp³-hybridized carbons (Fsp3) is 0.750. The normalized spacial score (nSPS) is 20.7. The lowest BCUT2D eigenvalue weighted by atomic mass is 10.3. The van der Waals surface area contributed by atoms with Crippen LogP contribution in [0.4, 0.5) is 0 Å². The molecule has 1 unspecified atom stereocenters. The molecule has 0 spiro atoms. The van der Waals surface area contributed by atoms with E-state index in [-0.39, 0.29) is 18.4 Å². The summed E-state index contributed by atoms with van der Waals surface area (Å²) in [6.07, 6.45) is 0.591. The highest BCUT2D eigenvalue weighted by Crippen LogP contribution is 2.09. The molecule has 1 rings (SSSR count). The molecule has 80 valence electrons. The van der Waals surface area contributed by atoms with E-state index in [2.05, 4.69) is 10.6 Å². The average Bonchev–Trinajstić information content (AvgIpc) is 2.64. The molecular formula is C8H14N2O3S. The van der Waals surface area contributed by atoms with Crippen LogP contribution >= 0.6 is 11.8 Å². The van der Waals surface area contributed by atoms with E-state index in [0.29, 0.717) is 13.0 Å². The van der Waals surface area contributed by atoms with Crippen LogP contribution in [-0.4, -0.2) is 41.2 Å². The summed E-state index contributed by atoms with van der Waals surface area (Å²) in [5, 5.41) is 14.1. The Morgan fingerprint density at radius 2 is 2.36 bits per heavy atom. The van der Waals surface area contributed by atoms with Gasteiger partial charge in [0, 0.05) is 24.6 Å². The number of rotatable bonds is 5. The molecular weight excluding hydrogens is 204 g/mol. The Balaban J connectivity index is 2.05. The molecule has 1 amide bonds. The van der Waals surface area contributed by atoms with Crippen molar-refractivity contribution in [3.05, 3.63) is 0 Å². The zero-order valence-corrected chi connectivity index (χ0v) is 8.60. The molecule has 0 aromatic heterocycles. The van der Waals surface area contributed by atoms with Crippen LogP contribution in [0.25, 0.3) is 0 Å². The summed E-state index contributed by atoms with van der Waals surface area (Å²) in [6, 6.07) is -0.107. The summed E-state index contributed by atoms with van der Waals surface area (Å²) < 4.78 is 0. The number of hydrogen-bond donors (Lipinski definition) is 3. The molecule has 0 saturated carbocycles. The molecule has 0 bridgehead atoms. The molecule has 1 fully saturated rings. The van der Waals surface area contributed by atoms with Crippen LogP contribution in [0, 0.1) is 0 Å². The maximum absolute atomic E-state index is 11.4. The molecule has 1 aliphatic heterocycles. The zero-order chi connectivity index (χ0) is 10.4. The van der Waals surface area contributed by atoms with Crippen molar-refractivity contribution in [3.8, 4) is 0 Å². The molecule has 0 aromatic carbocycles. The van der Waals surface area contributed by atoms with Crippen molar-refractivity contribution in [2.75, 3.05) is 18.2 Å². The Morgan fingerprint density at radius 3 is 2.93 bits per heavy atom. The van der Waals surface area contributed by atoms with Crippen molar-refractivity contribution in [2.24, 2.45) is 0 Å². The number of hydrogen-bond acceptors (Lipinski definition) is 4. The van der Waals surface area contributed by atoms with E-state index in [9.17, 15) is 9.59 Å². The van der Waals surface area contributed by atoms with E-state index in [1.807, 2.05) is 0 Å². The van der Waals surface area contributed by atoms with Crippen LogP contribution in [0.1, 0.15) is 12.8 Å². The SMILES string of the molecule is O=C(O)CCCNC(=O)C1CSCN1. The minimum absolute atomic E-state index is 0.0274. The molecule has 0 aliphatic carbocycles. The van der Waals surface area contributed by atoms with E-state index < -0.39 is 5.97 Å². The second-order valence-electron chi connectivity index (χ2n) is 3.06. The zero-order valence-electron chi connectivity index (χ0n) is 7.78. The second-order valence-corrected chi connectivity index (χ2v) is 4.09. The topological polar surface area (TPSA) is 78.4 Å². The summed E-state index contributed by atoms with van der Waals surface area (Å²) in [5.74, 6) is 0.756. The molecule has 5 nitrogen and oxygen atoms in total. The Labute approximate surface area is 86.6 Å². The third-order valence-electron chi connectivity index (χ3n) is 1.90. The summed E-state index contributed by atoms with van der Waals surface area (Å²) in [5.41, 5.74) is 0. The number of carbonyl (C=O) groups is 2. The fourth-order valence-corrected chi connectivity index (χ4v) is 2.08. The predicted molar refractivity (Wildman–Crippen MR) is 54.1 cm³/mol. The molecule has 14 heavy (non-hydrogen) atoms. The lowest BCUT2D eigenvalue weighted by Crippen LogP contribution is -2.42. The Morgan fingerprint density at radius 1 is 1.57 bits per heavy atom. The van der Waals surface area contributed by atoms with E-state index in [4.69, 9.17) is 5.11 Å². The molecule has 0 radical (unpaired) electrons. The van der Waals surface area contributed by atoms with Gasteiger partial charge >= 0.3 is 5.97 Å². The van der Waals surface area contributed by atoms with Crippen molar-refractivity contribution < 1.29 is 14.7 Å². The van der Waals surface area contributed by atoms with Gasteiger partial charge in [-0.15, -0.1) is 11.8 Å². The van der Waals surface area contributed by atoms with Crippen molar-refractivity contribution in [1.29, 1.82) is 0 Å². The number of carboxylic acids is 1. The summed E-state index contributed by atoms with van der Waals surface area (Å²) in [4.78, 5) is 21.5. The van der Waals surface area contributed by atoms with Crippen LogP contribution in [0.2, 0.25) is 0 Å². The fourth-order valence-electron chi connectivity index (χ4n) is 1.14. The van der Waals surface area contributed by atoms with Gasteiger partial charge in [-0.1, -0.05) is 0 Å². The standard InChI is InChI=1S/C8H14N2O3S/c11-7(12)2-1-3-9-8(13)6-4-14-5-10-6/h6,10H,1-5H2,(H,9,13)(H,11,12). The number of amides is 1. The van der Waals surface area contributed by atoms with Gasteiger partial charge in [0.1, 0.15) is 0 Å². The van der Waals surface area contributed by atoms with Crippen LogP contribution in [0.5, 0.6) is 0 Å². The van der Waals surface area contributed by atoms with Crippen LogP contribution in [0.15, 0.2) is 0 Å². The molecule has 1 atom stereocenters. The highest BCUT2D eigenvalue weighted by atomic mass is 32.2. The van der Waals surface area contributed by atoms with Crippen LogP contribution < -0.4 is 10.6 Å². The molecule has 1 aliphatic rings. The van der Waals surface area contributed by atoms with Crippen LogP contribution in [0.3, 0.4) is 0 Å². The van der Waals surface area contributed by atoms with Gasteiger partial charge in [-0.2, -0.15) is 0 Å². The van der Waals surface area contributed by atoms with Crippen molar-refractivity contribution in [2.45, 2.75) is 18.9 Å². The lowest BCUT2D eigenvalue weighted by Gasteiger charge is -2.09. The highest BCUT2D eigenvalue weighted by Gasteiger charge is 2.21. The Kier molecular flexibility index (Phi) is 4.75. The van der Waals surface area contributed by atoms with E-state index in [1.54, 1.807) is 11.8 Å².